The summed E-state index contributed by atoms with van der Waals surface area (Å²) in [7, 11) is -2.19. The van der Waals surface area contributed by atoms with E-state index in [-0.39, 0.29) is 22.3 Å². The number of imidazole rings is 1. The van der Waals surface area contributed by atoms with Crippen LogP contribution in [0.1, 0.15) is 38.6 Å². The van der Waals surface area contributed by atoms with E-state index in [9.17, 15) is 18.0 Å². The van der Waals surface area contributed by atoms with E-state index in [1.54, 1.807) is 35.9 Å². The lowest BCUT2D eigenvalue weighted by atomic mass is 9.80. The van der Waals surface area contributed by atoms with Crippen LogP contribution < -0.4 is 11.0 Å². The Balaban J connectivity index is 1.64. The molecule has 0 spiro atoms. The van der Waals surface area contributed by atoms with Crippen LogP contribution in [0.2, 0.25) is 0 Å². The number of amides is 1. The Morgan fingerprint density at radius 3 is 2.50 bits per heavy atom. The molecule has 1 aliphatic rings. The van der Waals surface area contributed by atoms with Gasteiger partial charge in [-0.05, 0) is 50.8 Å². The van der Waals surface area contributed by atoms with Crippen molar-refractivity contribution in [3.63, 3.8) is 0 Å². The van der Waals surface area contributed by atoms with Gasteiger partial charge in [0.05, 0.1) is 22.1 Å². The highest BCUT2D eigenvalue weighted by molar-refractivity contribution is 7.90. The van der Waals surface area contributed by atoms with Crippen LogP contribution in [0.15, 0.2) is 58.5 Å². The molecule has 1 aromatic carbocycles. The first-order valence-electron chi connectivity index (χ1n) is 11.0. The van der Waals surface area contributed by atoms with Crippen LogP contribution in [0.4, 0.5) is 4.79 Å². The maximum Gasteiger partial charge on any atom is 0.405 e. The number of hydrogen-bond donors (Lipinski definition) is 2. The fourth-order valence-corrected chi connectivity index (χ4v) is 6.34. The average Bonchev–Trinajstić information content (AvgIpc) is 3.35. The van der Waals surface area contributed by atoms with Crippen molar-refractivity contribution in [3.8, 4) is 0 Å². The van der Waals surface area contributed by atoms with E-state index in [1.165, 1.54) is 29.1 Å². The minimum Gasteiger partial charge on any atom is -0.465 e. The number of nitrogens with zero attached hydrogens (tertiary/aromatic N) is 4. The van der Waals surface area contributed by atoms with Crippen molar-refractivity contribution < 1.29 is 18.3 Å². The van der Waals surface area contributed by atoms with Crippen LogP contribution in [0.25, 0.3) is 22.1 Å². The first-order chi connectivity index (χ1) is 16.1. The van der Waals surface area contributed by atoms with E-state index in [0.29, 0.717) is 42.1 Å². The molecule has 0 bridgehead atoms. The van der Waals surface area contributed by atoms with Gasteiger partial charge in [-0.1, -0.05) is 18.2 Å². The first kappa shape index (κ1) is 22.2. The molecule has 1 amide bonds. The molecular weight excluding hydrogens is 458 g/mol. The molecule has 178 valence electrons. The van der Waals surface area contributed by atoms with Gasteiger partial charge in [0.1, 0.15) is 0 Å². The molecule has 3 aromatic heterocycles. The number of carboxylic acid groups (broad SMARTS) is 1. The van der Waals surface area contributed by atoms with Crippen molar-refractivity contribution in [3.05, 3.63) is 59.3 Å². The largest absolute Gasteiger partial charge is 0.465 e. The lowest BCUT2D eigenvalue weighted by Gasteiger charge is -2.37. The van der Waals surface area contributed by atoms with Crippen molar-refractivity contribution in [2.45, 2.75) is 49.1 Å². The third-order valence-electron chi connectivity index (χ3n) is 6.86. The van der Waals surface area contributed by atoms with Gasteiger partial charge < -0.3 is 10.4 Å². The van der Waals surface area contributed by atoms with E-state index in [1.807, 2.05) is 6.92 Å². The zero-order valence-corrected chi connectivity index (χ0v) is 19.6. The molecular formula is C23H25N5O5S. The van der Waals surface area contributed by atoms with E-state index in [0.717, 1.165) is 3.97 Å². The Kier molecular flexibility index (Phi) is 5.05. The monoisotopic (exact) mass is 483 g/mol. The number of aryl methyl sites for hydroxylation is 1. The molecule has 1 saturated carbocycles. The smallest absolute Gasteiger partial charge is 0.405 e. The summed E-state index contributed by atoms with van der Waals surface area (Å²) in [5.74, 6) is 0. The predicted molar refractivity (Wildman–Crippen MR) is 127 cm³/mol. The molecule has 0 aliphatic heterocycles. The van der Waals surface area contributed by atoms with Crippen molar-refractivity contribution >= 4 is 38.2 Å². The summed E-state index contributed by atoms with van der Waals surface area (Å²) in [5.41, 5.74) is 0.760. The maximum absolute atomic E-state index is 13.3. The summed E-state index contributed by atoms with van der Waals surface area (Å²) in [5, 5.41) is 12.3. The van der Waals surface area contributed by atoms with E-state index >= 15 is 0 Å². The molecule has 4 aromatic rings. The molecule has 2 N–H and O–H groups in total. The summed E-state index contributed by atoms with van der Waals surface area (Å²) >= 11 is 0. The highest BCUT2D eigenvalue weighted by atomic mass is 32.2. The van der Waals surface area contributed by atoms with Crippen molar-refractivity contribution in [1.29, 1.82) is 0 Å². The van der Waals surface area contributed by atoms with Gasteiger partial charge in [-0.15, -0.1) is 0 Å². The zero-order chi connectivity index (χ0) is 24.3. The molecule has 10 nitrogen and oxygen atoms in total. The average molecular weight is 484 g/mol. The van der Waals surface area contributed by atoms with E-state index in [2.05, 4.69) is 10.3 Å². The number of aromatic nitrogens is 4. The van der Waals surface area contributed by atoms with Crippen LogP contribution in [0, 0.1) is 0 Å². The van der Waals surface area contributed by atoms with E-state index < -0.39 is 21.7 Å². The minimum absolute atomic E-state index is 0.139. The van der Waals surface area contributed by atoms with Crippen molar-refractivity contribution in [1.82, 2.24) is 23.4 Å². The predicted octanol–water partition coefficient (Wildman–Crippen LogP) is 3.07. The molecule has 34 heavy (non-hydrogen) atoms. The number of carbonyl (C=O) groups is 1. The lowest BCUT2D eigenvalue weighted by Crippen LogP contribution is -2.48. The standard InChI is InChI=1S/C23H25N5O5S/c1-23(25-21(29)30)11-8-15(9-12-23)28-19-17-10-13-27(34(32,33)16-6-4-3-5-7-16)20(17)24-14-18(19)26(2)22(28)31/h3-7,10,13-15,25H,8-9,11-12H2,1-2H3,(H,29,30). The van der Waals surface area contributed by atoms with Gasteiger partial charge in [0.25, 0.3) is 10.0 Å². The van der Waals surface area contributed by atoms with Gasteiger partial charge in [0.15, 0.2) is 5.65 Å². The summed E-state index contributed by atoms with van der Waals surface area (Å²) in [6.07, 6.45) is 4.35. The highest BCUT2D eigenvalue weighted by Gasteiger charge is 2.35. The number of fused-ring (bicyclic) bond motifs is 3. The second kappa shape index (κ2) is 7.73. The van der Waals surface area contributed by atoms with Gasteiger partial charge in [-0.2, -0.15) is 0 Å². The van der Waals surface area contributed by atoms with Crippen LogP contribution in [-0.2, 0) is 17.1 Å². The Hall–Kier alpha value is -3.60. The number of rotatable bonds is 4. The molecule has 0 atom stereocenters. The third-order valence-corrected chi connectivity index (χ3v) is 8.54. The van der Waals surface area contributed by atoms with Crippen LogP contribution in [0.5, 0.6) is 0 Å². The van der Waals surface area contributed by atoms with Crippen molar-refractivity contribution in [2.75, 3.05) is 0 Å². The van der Waals surface area contributed by atoms with Crippen LogP contribution in [-0.4, -0.2) is 43.2 Å². The Morgan fingerprint density at radius 2 is 1.85 bits per heavy atom. The van der Waals surface area contributed by atoms with E-state index in [4.69, 9.17) is 5.11 Å². The molecule has 0 saturated heterocycles. The quantitative estimate of drug-likeness (QED) is 0.459. The number of nitrogens with one attached hydrogen (secondary N) is 1. The van der Waals surface area contributed by atoms with Crippen LogP contribution >= 0.6 is 0 Å². The summed E-state index contributed by atoms with van der Waals surface area (Å²) in [6.45, 7) is 1.87. The molecule has 1 fully saturated rings. The number of pyridine rings is 1. The molecule has 3 heterocycles. The van der Waals surface area contributed by atoms with Gasteiger partial charge in [0.2, 0.25) is 0 Å². The van der Waals surface area contributed by atoms with Gasteiger partial charge in [-0.3, -0.25) is 9.13 Å². The molecule has 0 radical (unpaired) electrons. The molecule has 11 heteroatoms. The van der Waals surface area contributed by atoms with Gasteiger partial charge in [-0.25, -0.2) is 27.0 Å². The number of hydrogen-bond acceptors (Lipinski definition) is 5. The Morgan fingerprint density at radius 1 is 1.18 bits per heavy atom. The van der Waals surface area contributed by atoms with Gasteiger partial charge in [0, 0.05) is 30.2 Å². The topological polar surface area (TPSA) is 128 Å². The summed E-state index contributed by atoms with van der Waals surface area (Å²) in [4.78, 5) is 29.0. The second-order valence-electron chi connectivity index (χ2n) is 9.09. The lowest BCUT2D eigenvalue weighted by molar-refractivity contribution is 0.158. The zero-order valence-electron chi connectivity index (χ0n) is 18.8. The normalized spacial score (nSPS) is 21.2. The second-order valence-corrected chi connectivity index (χ2v) is 10.9. The summed E-state index contributed by atoms with van der Waals surface area (Å²) < 4.78 is 30.9. The maximum atomic E-state index is 13.3. The Bertz CT molecular complexity index is 1570. The first-order valence-corrected chi connectivity index (χ1v) is 12.5. The summed E-state index contributed by atoms with van der Waals surface area (Å²) in [6, 6.07) is 9.67. The molecule has 0 unspecified atom stereocenters. The fraction of sp³-hybridized carbons (Fsp3) is 0.348. The molecule has 5 rings (SSSR count). The SMILES string of the molecule is Cn1c(=O)n(C2CCC(C)(NC(=O)O)CC2)c2c3ccn(S(=O)(=O)c4ccccc4)c3ncc21. The fourth-order valence-electron chi connectivity index (χ4n) is 5.02. The Labute approximate surface area is 195 Å². The highest BCUT2D eigenvalue weighted by Crippen LogP contribution is 2.37. The number of benzene rings is 1. The van der Waals surface area contributed by atoms with Crippen molar-refractivity contribution in [2.24, 2.45) is 7.05 Å². The van der Waals surface area contributed by atoms with Gasteiger partial charge >= 0.3 is 11.8 Å². The third kappa shape index (κ3) is 3.38. The molecule has 1 aliphatic carbocycles. The van der Waals surface area contributed by atoms with Crippen LogP contribution in [0.3, 0.4) is 0 Å². The minimum atomic E-state index is -3.86.